The summed E-state index contributed by atoms with van der Waals surface area (Å²) in [7, 11) is -3.46. The van der Waals surface area contributed by atoms with Crippen molar-refractivity contribution in [3.05, 3.63) is 10.2 Å². The third-order valence-corrected chi connectivity index (χ3v) is 5.40. The van der Waals surface area contributed by atoms with Gasteiger partial charge < -0.3 is 0 Å². The zero-order valence-corrected chi connectivity index (χ0v) is 11.1. The largest absolute Gasteiger partial charge is 0.252 e. The molecular formula is C8H13ClN2O2S2. The maximum Gasteiger partial charge on any atom is 0.252 e. The third-order valence-electron chi connectivity index (χ3n) is 1.94. The van der Waals surface area contributed by atoms with E-state index in [0.717, 1.165) is 17.8 Å². The van der Waals surface area contributed by atoms with Gasteiger partial charge in [0.05, 0.1) is 5.69 Å². The molecule has 7 heteroatoms. The zero-order chi connectivity index (χ0) is 11.6. The monoisotopic (exact) mass is 268 g/mol. The van der Waals surface area contributed by atoms with Gasteiger partial charge in [-0.2, -0.15) is 0 Å². The number of nitrogens with one attached hydrogen (secondary N) is 1. The molecule has 0 amide bonds. The molecule has 1 atom stereocenters. The van der Waals surface area contributed by atoms with Crippen LogP contribution in [0.15, 0.2) is 4.21 Å². The fraction of sp³-hybridized carbons (Fsp3) is 0.625. The molecule has 1 N–H and O–H groups in total. The Hall–Kier alpha value is -0.170. The Labute approximate surface area is 98.7 Å². The summed E-state index contributed by atoms with van der Waals surface area (Å²) in [6.07, 6.45) is 0.741. The average molecular weight is 269 g/mol. The lowest BCUT2D eigenvalue weighted by Crippen LogP contribution is -2.31. The third kappa shape index (κ3) is 3.14. The second-order valence-electron chi connectivity index (χ2n) is 3.27. The molecule has 1 aromatic rings. The van der Waals surface area contributed by atoms with Gasteiger partial charge in [-0.15, -0.1) is 0 Å². The van der Waals surface area contributed by atoms with Crippen molar-refractivity contribution in [2.24, 2.45) is 0 Å². The van der Waals surface area contributed by atoms with Gasteiger partial charge in [0.15, 0.2) is 8.68 Å². The van der Waals surface area contributed by atoms with Crippen molar-refractivity contribution < 1.29 is 8.42 Å². The van der Waals surface area contributed by atoms with Gasteiger partial charge in [0.1, 0.15) is 0 Å². The highest BCUT2D eigenvalue weighted by Gasteiger charge is 2.22. The molecule has 1 rings (SSSR count). The van der Waals surface area contributed by atoms with Crippen molar-refractivity contribution in [3.63, 3.8) is 0 Å². The first-order valence-electron chi connectivity index (χ1n) is 4.52. The zero-order valence-electron chi connectivity index (χ0n) is 8.74. The van der Waals surface area contributed by atoms with Crippen molar-refractivity contribution >= 4 is 33.0 Å². The van der Waals surface area contributed by atoms with Crippen LogP contribution in [0, 0.1) is 6.92 Å². The number of aryl methyl sites for hydroxylation is 1. The van der Waals surface area contributed by atoms with Crippen molar-refractivity contribution in [2.45, 2.75) is 37.4 Å². The minimum atomic E-state index is -3.46. The normalized spacial score (nSPS) is 14.1. The highest BCUT2D eigenvalue weighted by Crippen LogP contribution is 2.26. The lowest BCUT2D eigenvalue weighted by Gasteiger charge is -2.10. The highest BCUT2D eigenvalue weighted by molar-refractivity contribution is 7.91. The van der Waals surface area contributed by atoms with Crippen molar-refractivity contribution in [2.75, 3.05) is 0 Å². The molecule has 0 aliphatic rings. The first-order valence-corrected chi connectivity index (χ1v) is 7.20. The summed E-state index contributed by atoms with van der Waals surface area (Å²) in [5.74, 6) is 0. The number of hydrogen-bond acceptors (Lipinski definition) is 4. The van der Waals surface area contributed by atoms with Gasteiger partial charge in [-0.3, -0.25) is 0 Å². The Bertz CT molecular complexity index is 441. The summed E-state index contributed by atoms with van der Waals surface area (Å²) in [6.45, 7) is 5.36. The molecule has 0 spiro atoms. The van der Waals surface area contributed by atoms with Crippen LogP contribution in [0.1, 0.15) is 26.0 Å². The lowest BCUT2D eigenvalue weighted by molar-refractivity contribution is 0.557. The molecule has 0 saturated heterocycles. The molecule has 0 bridgehead atoms. The number of halogens is 1. The minimum Gasteiger partial charge on any atom is -0.229 e. The van der Waals surface area contributed by atoms with E-state index in [-0.39, 0.29) is 14.7 Å². The van der Waals surface area contributed by atoms with Crippen LogP contribution in [-0.4, -0.2) is 19.4 Å². The molecule has 0 aliphatic carbocycles. The second-order valence-corrected chi connectivity index (χ2v) is 6.76. The van der Waals surface area contributed by atoms with Crippen LogP contribution in [0.5, 0.6) is 0 Å². The molecule has 0 saturated carbocycles. The first-order chi connectivity index (χ1) is 6.86. The number of hydrogen-bond donors (Lipinski definition) is 1. The molecule has 15 heavy (non-hydrogen) atoms. The van der Waals surface area contributed by atoms with Crippen LogP contribution in [0.25, 0.3) is 0 Å². The number of nitrogens with zero attached hydrogens (tertiary/aromatic N) is 1. The Morgan fingerprint density at radius 1 is 1.60 bits per heavy atom. The van der Waals surface area contributed by atoms with Gasteiger partial charge in [-0.25, -0.2) is 18.1 Å². The average Bonchev–Trinajstić information content (AvgIpc) is 2.45. The van der Waals surface area contributed by atoms with E-state index in [1.807, 2.05) is 13.8 Å². The smallest absolute Gasteiger partial charge is 0.229 e. The number of thiazole rings is 1. The molecule has 86 valence electrons. The van der Waals surface area contributed by atoms with E-state index in [1.165, 1.54) is 0 Å². The van der Waals surface area contributed by atoms with Crippen LogP contribution < -0.4 is 4.72 Å². The Balaban J connectivity index is 3.01. The summed E-state index contributed by atoms with van der Waals surface area (Å²) in [4.78, 5) is 3.88. The van der Waals surface area contributed by atoms with Gasteiger partial charge in [0.2, 0.25) is 0 Å². The van der Waals surface area contributed by atoms with Gasteiger partial charge in [-0.1, -0.05) is 29.9 Å². The molecule has 1 unspecified atom stereocenters. The molecule has 1 heterocycles. The summed E-state index contributed by atoms with van der Waals surface area (Å²) >= 11 is 6.63. The number of sulfonamides is 1. The van der Waals surface area contributed by atoms with Gasteiger partial charge in [-0.05, 0) is 20.3 Å². The predicted molar refractivity (Wildman–Crippen MR) is 61.9 cm³/mol. The quantitative estimate of drug-likeness (QED) is 0.911. The van der Waals surface area contributed by atoms with E-state index in [9.17, 15) is 8.42 Å². The van der Waals surface area contributed by atoms with Crippen LogP contribution in [0.2, 0.25) is 4.47 Å². The second kappa shape index (κ2) is 4.78. The fourth-order valence-electron chi connectivity index (χ4n) is 1.00. The number of aromatic nitrogens is 1. The maximum absolute atomic E-state index is 11.8. The van der Waals surface area contributed by atoms with Crippen molar-refractivity contribution in [1.82, 2.24) is 9.71 Å². The van der Waals surface area contributed by atoms with Crippen LogP contribution in [0.3, 0.4) is 0 Å². The topological polar surface area (TPSA) is 59.1 Å². The molecule has 0 aromatic carbocycles. The highest BCUT2D eigenvalue weighted by atomic mass is 35.5. The van der Waals surface area contributed by atoms with Gasteiger partial charge in [0, 0.05) is 6.04 Å². The Kier molecular flexibility index (Phi) is 4.11. The summed E-state index contributed by atoms with van der Waals surface area (Å²) < 4.78 is 26.7. The Morgan fingerprint density at radius 2 is 2.20 bits per heavy atom. The SMILES string of the molecule is CCC(C)NS(=O)(=O)c1sc(Cl)nc1C. The number of rotatable bonds is 4. The van der Waals surface area contributed by atoms with E-state index in [0.29, 0.717) is 5.69 Å². The van der Waals surface area contributed by atoms with E-state index >= 15 is 0 Å². The van der Waals surface area contributed by atoms with Crippen molar-refractivity contribution in [3.8, 4) is 0 Å². The molecule has 4 nitrogen and oxygen atoms in total. The Morgan fingerprint density at radius 3 is 2.60 bits per heavy atom. The maximum atomic E-state index is 11.8. The van der Waals surface area contributed by atoms with Crippen LogP contribution >= 0.6 is 22.9 Å². The standard InChI is InChI=1S/C8H13ClN2O2S2/c1-4-5(2)11-15(12,13)7-6(3)10-8(9)14-7/h5,11H,4H2,1-3H3. The van der Waals surface area contributed by atoms with E-state index < -0.39 is 10.0 Å². The summed E-state index contributed by atoms with van der Waals surface area (Å²) in [5, 5.41) is 0. The molecule has 0 radical (unpaired) electrons. The summed E-state index contributed by atoms with van der Waals surface area (Å²) in [6, 6.07) is -0.0877. The van der Waals surface area contributed by atoms with Crippen molar-refractivity contribution in [1.29, 1.82) is 0 Å². The molecule has 0 fully saturated rings. The van der Waals surface area contributed by atoms with Crippen LogP contribution in [-0.2, 0) is 10.0 Å². The lowest BCUT2D eigenvalue weighted by atomic mass is 10.3. The molecule has 1 aromatic heterocycles. The fourth-order valence-corrected chi connectivity index (χ4v) is 4.08. The molecular weight excluding hydrogens is 256 g/mol. The van der Waals surface area contributed by atoms with E-state index in [1.54, 1.807) is 6.92 Å². The molecule has 0 aliphatic heterocycles. The summed E-state index contributed by atoms with van der Waals surface area (Å²) in [5.41, 5.74) is 0.445. The minimum absolute atomic E-state index is 0.0877. The van der Waals surface area contributed by atoms with Gasteiger partial charge >= 0.3 is 0 Å². The first kappa shape index (κ1) is 12.9. The van der Waals surface area contributed by atoms with E-state index in [2.05, 4.69) is 9.71 Å². The van der Waals surface area contributed by atoms with Crippen LogP contribution in [0.4, 0.5) is 0 Å². The predicted octanol–water partition coefficient (Wildman–Crippen LogP) is 2.18. The van der Waals surface area contributed by atoms with E-state index in [4.69, 9.17) is 11.6 Å². The van der Waals surface area contributed by atoms with Gasteiger partial charge in [0.25, 0.3) is 10.0 Å².